The second kappa shape index (κ2) is 10.9. The fraction of sp³-hybridized carbons (Fsp3) is 0.400. The number of nitrogens with zero attached hydrogens (tertiary/aromatic N) is 4. The minimum atomic E-state index is -0.308. The van der Waals surface area contributed by atoms with E-state index in [1.165, 1.54) is 11.3 Å². The Balaban J connectivity index is 1.48. The summed E-state index contributed by atoms with van der Waals surface area (Å²) in [6.45, 7) is 7.45. The van der Waals surface area contributed by atoms with Gasteiger partial charge in [-0.05, 0) is 41.9 Å². The van der Waals surface area contributed by atoms with Crippen molar-refractivity contribution in [2.24, 2.45) is 5.41 Å². The third-order valence-corrected chi connectivity index (χ3v) is 7.18. The van der Waals surface area contributed by atoms with Gasteiger partial charge in [-0.25, -0.2) is 9.67 Å². The highest BCUT2D eigenvalue weighted by Gasteiger charge is 2.18. The number of thiazole rings is 1. The second-order valence-corrected chi connectivity index (χ2v) is 11.4. The Bertz CT molecular complexity index is 1330. The smallest absolute Gasteiger partial charge is 0.310 e. The molecule has 4 rings (SSSR count). The predicted molar refractivity (Wildman–Crippen MR) is 142 cm³/mol. The van der Waals surface area contributed by atoms with Crippen molar-refractivity contribution in [2.45, 2.75) is 39.5 Å². The molecule has 1 aromatic carbocycles. The van der Waals surface area contributed by atoms with Crippen molar-refractivity contribution >= 4 is 31.8 Å². The van der Waals surface area contributed by atoms with Crippen LogP contribution < -0.4 is 9.61 Å². The third-order valence-electron chi connectivity index (χ3n) is 5.83. The first kappa shape index (κ1) is 25.3. The fourth-order valence-electron chi connectivity index (χ4n) is 3.56. The van der Waals surface area contributed by atoms with Gasteiger partial charge in [-0.15, -0.1) is 0 Å². The molecule has 1 atom stereocenters. The van der Waals surface area contributed by atoms with Gasteiger partial charge in [0.2, 0.25) is 0 Å². The first-order chi connectivity index (χ1) is 16.8. The maximum absolute atomic E-state index is 12.4. The molecule has 1 N–H and O–H groups in total. The van der Waals surface area contributed by atoms with Crippen LogP contribution in [-0.4, -0.2) is 54.5 Å². The molecule has 0 fully saturated rings. The minimum absolute atomic E-state index is 0.000791. The van der Waals surface area contributed by atoms with E-state index < -0.39 is 0 Å². The zero-order valence-corrected chi connectivity index (χ0v) is 23.4. The van der Waals surface area contributed by atoms with E-state index in [2.05, 4.69) is 24.0 Å². The van der Waals surface area contributed by atoms with Crippen LogP contribution in [-0.2, 0) is 11.5 Å². The minimum Gasteiger partial charge on any atom is -0.491 e. The summed E-state index contributed by atoms with van der Waals surface area (Å²) in [4.78, 5) is 16.9. The van der Waals surface area contributed by atoms with Crippen molar-refractivity contribution in [2.75, 3.05) is 19.8 Å². The van der Waals surface area contributed by atoms with Crippen LogP contribution in [0.25, 0.3) is 16.0 Å². The largest absolute Gasteiger partial charge is 0.491 e. The molecule has 0 radical (unpaired) electrons. The normalized spacial score (nSPS) is 12.9. The van der Waals surface area contributed by atoms with E-state index in [-0.39, 0.29) is 22.8 Å². The van der Waals surface area contributed by atoms with Gasteiger partial charge < -0.3 is 14.6 Å². The van der Waals surface area contributed by atoms with E-state index >= 15 is 0 Å². The molecule has 0 bridgehead atoms. The maximum Gasteiger partial charge on any atom is 0.310 e. The molecule has 3 heterocycles. The van der Waals surface area contributed by atoms with Crippen molar-refractivity contribution in [3.8, 4) is 11.6 Å². The summed E-state index contributed by atoms with van der Waals surface area (Å²) in [5, 5.41) is 14.1. The number of hydrogen-bond acceptors (Lipinski definition) is 7. The van der Waals surface area contributed by atoms with Gasteiger partial charge in [0.1, 0.15) is 12.5 Å². The van der Waals surface area contributed by atoms with Crippen LogP contribution in [0.2, 0.25) is 6.04 Å². The quantitative estimate of drug-likeness (QED) is 0.245. The molecule has 3 aromatic heterocycles. The Morgan fingerprint density at radius 1 is 1.23 bits per heavy atom. The van der Waals surface area contributed by atoms with Crippen molar-refractivity contribution in [1.29, 1.82) is 0 Å². The first-order valence-corrected chi connectivity index (χ1v) is 14.0. The monoisotopic (exact) mass is 512 g/mol. The van der Waals surface area contributed by atoms with E-state index in [1.807, 2.05) is 44.3 Å². The lowest BCUT2D eigenvalue weighted by molar-refractivity contribution is 0.0897. The zero-order chi connectivity index (χ0) is 25.0. The molecule has 10 heteroatoms. The molecule has 1 unspecified atom stereocenters. The number of fused-ring (bicyclic) bond motifs is 1. The summed E-state index contributed by atoms with van der Waals surface area (Å²) < 4.78 is 15.8. The van der Waals surface area contributed by atoms with Gasteiger partial charge in [-0.3, -0.25) is 9.36 Å². The first-order valence-electron chi connectivity index (χ1n) is 11.8. The molecule has 0 aliphatic carbocycles. The topological polar surface area (TPSA) is 91.4 Å². The molecule has 0 amide bonds. The molecule has 0 spiro atoms. The summed E-state index contributed by atoms with van der Waals surface area (Å²) in [5.74, 6) is 1.39. The zero-order valence-electron chi connectivity index (χ0n) is 20.6. The Hall–Kier alpha value is -2.79. The number of benzene rings is 1. The molecule has 4 aromatic rings. The number of rotatable bonds is 11. The summed E-state index contributed by atoms with van der Waals surface area (Å²) in [5.41, 5.74) is 2.61. The van der Waals surface area contributed by atoms with Crippen LogP contribution in [0.1, 0.15) is 37.9 Å². The number of aliphatic hydroxyl groups excluding tert-OH is 1. The lowest BCUT2D eigenvalue weighted by Gasteiger charge is -2.21. The van der Waals surface area contributed by atoms with E-state index in [1.54, 1.807) is 15.4 Å². The molecule has 0 saturated carbocycles. The van der Waals surface area contributed by atoms with E-state index in [0.717, 1.165) is 37.8 Å². The van der Waals surface area contributed by atoms with Gasteiger partial charge in [0.05, 0.1) is 35.3 Å². The predicted octanol–water partition coefficient (Wildman–Crippen LogP) is 2.95. The maximum atomic E-state index is 12.4. The summed E-state index contributed by atoms with van der Waals surface area (Å²) >= 11 is 1.25. The van der Waals surface area contributed by atoms with Gasteiger partial charge in [-0.1, -0.05) is 38.2 Å². The lowest BCUT2D eigenvalue weighted by atomic mass is 9.97. The second-order valence-electron chi connectivity index (χ2n) is 9.43. The standard InChI is InChI=1S/C25H32N4O4SSi/c1-17(18-4-6-21-22(12-18)34-24(31)28(21)16-32-10-11-35)20-8-9-29(27-20)23-7-5-19(13-26-23)33-15-25(2,3)14-30/h4-9,12-13,17,30H,10-11,14-16H2,1-3,35H3. The molecule has 35 heavy (non-hydrogen) atoms. The van der Waals surface area contributed by atoms with Gasteiger partial charge >= 0.3 is 4.87 Å². The van der Waals surface area contributed by atoms with Crippen LogP contribution >= 0.6 is 11.3 Å². The highest BCUT2D eigenvalue weighted by Crippen LogP contribution is 2.28. The van der Waals surface area contributed by atoms with Gasteiger partial charge in [-0.2, -0.15) is 5.10 Å². The van der Waals surface area contributed by atoms with E-state index in [9.17, 15) is 9.90 Å². The Morgan fingerprint density at radius 3 is 2.77 bits per heavy atom. The van der Waals surface area contributed by atoms with E-state index in [4.69, 9.17) is 14.6 Å². The molecule has 0 aliphatic heterocycles. The van der Waals surface area contributed by atoms with Crippen molar-refractivity contribution < 1.29 is 14.6 Å². The van der Waals surface area contributed by atoms with Crippen LogP contribution in [0.15, 0.2) is 53.6 Å². The van der Waals surface area contributed by atoms with Crippen molar-refractivity contribution in [1.82, 2.24) is 19.3 Å². The van der Waals surface area contributed by atoms with Crippen LogP contribution in [0.3, 0.4) is 0 Å². The van der Waals surface area contributed by atoms with Crippen molar-refractivity contribution in [3.05, 3.63) is 69.7 Å². The van der Waals surface area contributed by atoms with Crippen LogP contribution in [0.4, 0.5) is 0 Å². The highest BCUT2D eigenvalue weighted by atomic mass is 32.1. The summed E-state index contributed by atoms with van der Waals surface area (Å²) in [6.07, 6.45) is 3.56. The van der Waals surface area contributed by atoms with Gasteiger partial charge in [0.15, 0.2) is 5.82 Å². The van der Waals surface area contributed by atoms with Crippen LogP contribution in [0.5, 0.6) is 5.75 Å². The number of hydrogen-bond donors (Lipinski definition) is 1. The number of aliphatic hydroxyl groups is 1. The number of ether oxygens (including phenoxy) is 2. The SMILES string of the molecule is CC(c1ccc2c(c1)sc(=O)n2COCC[SiH3])c1ccn(-c2ccc(OCC(C)(C)CO)cn2)n1. The fourth-order valence-corrected chi connectivity index (χ4v) is 4.78. The third kappa shape index (κ3) is 5.89. The molecule has 0 aliphatic rings. The Kier molecular flexibility index (Phi) is 7.85. The summed E-state index contributed by atoms with van der Waals surface area (Å²) in [6, 6.07) is 12.9. The van der Waals surface area contributed by atoms with Crippen molar-refractivity contribution in [3.63, 3.8) is 0 Å². The molecule has 186 valence electrons. The molecular weight excluding hydrogens is 480 g/mol. The Morgan fingerprint density at radius 2 is 2.06 bits per heavy atom. The molecule has 0 saturated heterocycles. The molecular formula is C25H32N4O4SSi. The summed E-state index contributed by atoms with van der Waals surface area (Å²) in [7, 11) is 1.10. The van der Waals surface area contributed by atoms with E-state index in [0.29, 0.717) is 31.5 Å². The average molecular weight is 513 g/mol. The number of pyridine rings is 1. The lowest BCUT2D eigenvalue weighted by Crippen LogP contribution is -2.25. The number of aromatic nitrogens is 4. The van der Waals surface area contributed by atoms with Crippen LogP contribution in [0, 0.1) is 5.41 Å². The Labute approximate surface area is 211 Å². The highest BCUT2D eigenvalue weighted by molar-refractivity contribution is 7.16. The average Bonchev–Trinajstić information content (AvgIpc) is 3.47. The van der Waals surface area contributed by atoms with Gasteiger partial charge in [0.25, 0.3) is 0 Å². The van der Waals surface area contributed by atoms with Gasteiger partial charge in [0, 0.05) is 34.4 Å². The molecule has 8 nitrogen and oxygen atoms in total.